The van der Waals surface area contributed by atoms with E-state index in [2.05, 4.69) is 59.8 Å². The molecule has 6 aromatic rings. The molecule has 0 aromatic carbocycles. The van der Waals surface area contributed by atoms with Gasteiger partial charge in [0.15, 0.2) is 0 Å². The molecule has 15 nitrogen and oxygen atoms in total. The van der Waals surface area contributed by atoms with E-state index < -0.39 is 17.4 Å². The molecule has 0 atom stereocenters. The number of hydrogen-bond acceptors (Lipinski definition) is 15. The van der Waals surface area contributed by atoms with E-state index in [-0.39, 0.29) is 17.8 Å². The Balaban J connectivity index is 1.44. The first-order valence-corrected chi connectivity index (χ1v) is 24.4. The third-order valence-electron chi connectivity index (χ3n) is 4.29. The number of nitrogens with zero attached hydrogens (tertiary/aromatic N) is 9. The van der Waals surface area contributed by atoms with E-state index in [0.29, 0.717) is 48.6 Å². The minimum absolute atomic E-state index is 0.144. The summed E-state index contributed by atoms with van der Waals surface area (Å²) in [6, 6.07) is 0. The fraction of sp³-hybridized carbons (Fsp3) is 0. The second-order valence-corrected chi connectivity index (χ2v) is 32.0. The fourth-order valence-corrected chi connectivity index (χ4v) is 29.6. The Morgan fingerprint density at radius 3 is 1.18 bits per heavy atom. The standard InChI is InChI=1S/3C5H5N5S.Bi/c3*6-5-9-3-2(4(11)10-5)7-1-8-3;/h3*1H,(H4,6,7,8,9,10,11);/q;;;+3/p-3. The molecule has 0 unspecified atom stereocenters. The van der Waals surface area contributed by atoms with Gasteiger partial charge in [0.25, 0.3) is 0 Å². The van der Waals surface area contributed by atoms with Crippen LogP contribution in [0.3, 0.4) is 0 Å². The SMILES string of the molecule is Nc1nc([S][Bi]([S]c2nc(N)nc3nc[nH]c23)[S]c2nc(N)nc3nc[nH]c23)c2[nH]cnc2n1. The molecular weight excluding hydrogens is 695 g/mol. The number of aromatic amines is 3. The van der Waals surface area contributed by atoms with Crippen molar-refractivity contribution in [3.05, 3.63) is 19.0 Å². The second kappa shape index (κ2) is 8.64. The van der Waals surface area contributed by atoms with Crippen molar-refractivity contribution in [2.24, 2.45) is 0 Å². The molecule has 0 spiro atoms. The molecule has 0 saturated carbocycles. The summed E-state index contributed by atoms with van der Waals surface area (Å²) in [6.07, 6.45) is 4.68. The molecular formula is C15H12BiN15S3. The number of nitrogens with one attached hydrogen (secondary N) is 3. The maximum atomic E-state index is 5.94. The van der Waals surface area contributed by atoms with Crippen LogP contribution in [0.25, 0.3) is 33.5 Å². The molecule has 170 valence electrons. The zero-order chi connectivity index (χ0) is 23.2. The first kappa shape index (κ1) is 21.5. The van der Waals surface area contributed by atoms with Crippen molar-refractivity contribution in [2.75, 3.05) is 17.2 Å². The normalized spacial score (nSPS) is 11.9. The van der Waals surface area contributed by atoms with Gasteiger partial charge in [0, 0.05) is 0 Å². The van der Waals surface area contributed by atoms with Crippen LogP contribution in [0.1, 0.15) is 0 Å². The van der Waals surface area contributed by atoms with Crippen LogP contribution < -0.4 is 17.2 Å². The van der Waals surface area contributed by atoms with Crippen molar-refractivity contribution in [1.29, 1.82) is 0 Å². The van der Waals surface area contributed by atoms with Crippen LogP contribution in [0, 0.1) is 0 Å². The molecule has 6 aromatic heterocycles. The summed E-state index contributed by atoms with van der Waals surface area (Å²) in [5.41, 5.74) is 21.5. The third-order valence-corrected chi connectivity index (χ3v) is 29.2. The summed E-state index contributed by atoms with van der Waals surface area (Å²) < 4.78 is 0. The molecule has 6 heterocycles. The van der Waals surface area contributed by atoms with Gasteiger partial charge in [0.05, 0.1) is 0 Å². The molecule has 0 amide bonds. The zero-order valence-corrected chi connectivity index (χ0v) is 22.6. The first-order valence-electron chi connectivity index (χ1n) is 9.27. The maximum absolute atomic E-state index is 5.94. The molecule has 34 heavy (non-hydrogen) atoms. The summed E-state index contributed by atoms with van der Waals surface area (Å²) >= 11 is -2.87. The van der Waals surface area contributed by atoms with Crippen LogP contribution in [0.4, 0.5) is 17.8 Å². The van der Waals surface area contributed by atoms with Crippen LogP contribution in [0.5, 0.6) is 0 Å². The van der Waals surface area contributed by atoms with Gasteiger partial charge in [-0.1, -0.05) is 0 Å². The van der Waals surface area contributed by atoms with E-state index in [1.54, 1.807) is 44.5 Å². The number of H-pyrrole nitrogens is 3. The molecule has 0 saturated heterocycles. The number of aromatic nitrogens is 12. The van der Waals surface area contributed by atoms with E-state index >= 15 is 0 Å². The van der Waals surface area contributed by atoms with Crippen molar-refractivity contribution in [1.82, 2.24) is 59.8 Å². The second-order valence-electron chi connectivity index (χ2n) is 6.46. The van der Waals surface area contributed by atoms with Gasteiger partial charge in [0.1, 0.15) is 0 Å². The molecule has 0 aliphatic heterocycles. The van der Waals surface area contributed by atoms with Gasteiger partial charge in [-0.05, 0) is 0 Å². The summed E-state index contributed by atoms with van der Waals surface area (Å²) in [7, 11) is 4.85. The van der Waals surface area contributed by atoms with Crippen LogP contribution in [-0.2, 0) is 0 Å². The molecule has 9 N–H and O–H groups in total. The van der Waals surface area contributed by atoms with E-state index in [1.807, 2.05) is 0 Å². The average Bonchev–Trinajstić information content (AvgIpc) is 3.53. The molecule has 0 aliphatic rings. The number of rotatable bonds is 6. The van der Waals surface area contributed by atoms with Crippen LogP contribution in [-0.4, -0.2) is 77.2 Å². The molecule has 0 radical (unpaired) electrons. The number of fused-ring (bicyclic) bond motifs is 3. The number of nitrogen functional groups attached to an aromatic ring is 3. The van der Waals surface area contributed by atoms with Crippen molar-refractivity contribution in [2.45, 2.75) is 15.1 Å². The first-order chi connectivity index (χ1) is 16.5. The van der Waals surface area contributed by atoms with E-state index in [9.17, 15) is 0 Å². The van der Waals surface area contributed by atoms with E-state index in [1.165, 1.54) is 0 Å². The zero-order valence-electron chi connectivity index (χ0n) is 16.7. The van der Waals surface area contributed by atoms with Gasteiger partial charge >= 0.3 is 205 Å². The van der Waals surface area contributed by atoms with Crippen molar-refractivity contribution in [3.63, 3.8) is 0 Å². The Hall–Kier alpha value is -3.02. The summed E-state index contributed by atoms with van der Waals surface area (Å²) in [5, 5.41) is 2.09. The molecule has 0 aliphatic carbocycles. The Bertz CT molecular complexity index is 1470. The van der Waals surface area contributed by atoms with Gasteiger partial charge in [-0.25, -0.2) is 0 Å². The van der Waals surface area contributed by atoms with Crippen LogP contribution >= 0.6 is 25.6 Å². The minimum atomic E-state index is -2.87. The fourth-order valence-electron chi connectivity index (χ4n) is 2.93. The van der Waals surface area contributed by atoms with E-state index in [4.69, 9.17) is 17.2 Å². The monoisotopic (exact) mass is 707 g/mol. The summed E-state index contributed by atoms with van der Waals surface area (Å²) in [5.74, 6) is 0.432. The quantitative estimate of drug-likeness (QED) is 0.105. The third kappa shape index (κ3) is 4.04. The van der Waals surface area contributed by atoms with Crippen LogP contribution in [0.15, 0.2) is 34.1 Å². The van der Waals surface area contributed by atoms with Crippen molar-refractivity contribution in [3.8, 4) is 0 Å². The molecule has 0 fully saturated rings. The van der Waals surface area contributed by atoms with Gasteiger partial charge in [-0.3, -0.25) is 0 Å². The molecule has 0 bridgehead atoms. The number of hydrogen-bond donors (Lipinski definition) is 6. The van der Waals surface area contributed by atoms with Gasteiger partial charge in [-0.15, -0.1) is 0 Å². The summed E-state index contributed by atoms with van der Waals surface area (Å²) in [4.78, 5) is 47.9. The Labute approximate surface area is 204 Å². The molecule has 6 rings (SSSR count). The number of nitrogens with two attached hydrogens (primary N) is 3. The Kier molecular flexibility index (Phi) is 5.47. The number of anilines is 3. The Morgan fingerprint density at radius 2 is 0.853 bits per heavy atom. The van der Waals surface area contributed by atoms with E-state index in [0.717, 1.165) is 0 Å². The predicted molar refractivity (Wildman–Crippen MR) is 132 cm³/mol. The summed E-state index contributed by atoms with van der Waals surface area (Å²) in [6.45, 7) is 0. The average molecular weight is 708 g/mol. The molecule has 19 heteroatoms. The topological polar surface area (TPSA) is 241 Å². The van der Waals surface area contributed by atoms with Crippen molar-refractivity contribution < 1.29 is 0 Å². The van der Waals surface area contributed by atoms with Crippen molar-refractivity contribution >= 4 is 94.2 Å². The predicted octanol–water partition coefficient (Wildman–Crippen LogP) is 1.09. The van der Waals surface area contributed by atoms with Gasteiger partial charge in [-0.2, -0.15) is 0 Å². The number of imidazole rings is 3. The van der Waals surface area contributed by atoms with Gasteiger partial charge in [0.2, 0.25) is 0 Å². The van der Waals surface area contributed by atoms with Crippen LogP contribution in [0.2, 0.25) is 0 Å². The van der Waals surface area contributed by atoms with Gasteiger partial charge < -0.3 is 0 Å². The Morgan fingerprint density at radius 1 is 0.529 bits per heavy atom.